The van der Waals surface area contributed by atoms with Crippen molar-refractivity contribution in [1.29, 1.82) is 0 Å². The first-order valence-electron chi connectivity index (χ1n) is 8.18. The summed E-state index contributed by atoms with van der Waals surface area (Å²) in [6.45, 7) is 0.00345. The van der Waals surface area contributed by atoms with E-state index >= 15 is 0 Å². The van der Waals surface area contributed by atoms with Crippen LogP contribution in [0.5, 0.6) is 0 Å². The number of carbonyl (C=O) groups excluding carboxylic acids is 1. The van der Waals surface area contributed by atoms with Gasteiger partial charge in [-0.05, 0) is 37.8 Å². The number of aromatic nitrogens is 1. The molecule has 3 aliphatic rings. The summed E-state index contributed by atoms with van der Waals surface area (Å²) >= 11 is 0. The maximum absolute atomic E-state index is 12.9. The second-order valence-corrected chi connectivity index (χ2v) is 9.66. The summed E-state index contributed by atoms with van der Waals surface area (Å²) < 4.78 is 25.9. The SMILES string of the molecule is CN1C(=O)c2ccc(C(=O)O)c(=O)n2CC1C1(S(=O)(=O)C2CC2)CC1. The van der Waals surface area contributed by atoms with Gasteiger partial charge in [-0.1, -0.05) is 0 Å². The number of pyridine rings is 1. The van der Waals surface area contributed by atoms with Crippen molar-refractivity contribution < 1.29 is 23.1 Å². The van der Waals surface area contributed by atoms with Gasteiger partial charge in [0.2, 0.25) is 0 Å². The number of fused-ring (bicyclic) bond motifs is 1. The number of hydrogen-bond donors (Lipinski definition) is 1. The maximum atomic E-state index is 12.9. The lowest BCUT2D eigenvalue weighted by Crippen LogP contribution is -2.57. The van der Waals surface area contributed by atoms with Crippen LogP contribution in [0.15, 0.2) is 16.9 Å². The van der Waals surface area contributed by atoms with Gasteiger partial charge in [-0.25, -0.2) is 13.2 Å². The molecule has 1 unspecified atom stereocenters. The summed E-state index contributed by atoms with van der Waals surface area (Å²) in [6.07, 6.45) is 2.23. The van der Waals surface area contributed by atoms with Gasteiger partial charge in [0.1, 0.15) is 11.3 Å². The number of sulfone groups is 1. The maximum Gasteiger partial charge on any atom is 0.341 e. The molecular formula is C16H18N2O6S. The molecule has 1 aromatic heterocycles. The van der Waals surface area contributed by atoms with Gasteiger partial charge < -0.3 is 14.6 Å². The van der Waals surface area contributed by atoms with E-state index in [1.54, 1.807) is 7.05 Å². The van der Waals surface area contributed by atoms with Gasteiger partial charge in [0.05, 0.1) is 16.0 Å². The van der Waals surface area contributed by atoms with Crippen LogP contribution >= 0.6 is 0 Å². The highest BCUT2D eigenvalue weighted by Crippen LogP contribution is 2.54. The first-order valence-corrected chi connectivity index (χ1v) is 9.73. The topological polar surface area (TPSA) is 114 Å². The molecular weight excluding hydrogens is 348 g/mol. The number of likely N-dealkylation sites (N-methyl/N-ethyl adjacent to an activating group) is 1. The molecule has 1 N–H and O–H groups in total. The van der Waals surface area contributed by atoms with Crippen LogP contribution in [0, 0.1) is 0 Å². The molecule has 9 heteroatoms. The van der Waals surface area contributed by atoms with E-state index in [1.807, 2.05) is 0 Å². The lowest BCUT2D eigenvalue weighted by Gasteiger charge is -2.39. The zero-order chi connectivity index (χ0) is 18.1. The summed E-state index contributed by atoms with van der Waals surface area (Å²) in [5, 5.41) is 8.78. The van der Waals surface area contributed by atoms with Crippen LogP contribution in [0.1, 0.15) is 46.5 Å². The summed E-state index contributed by atoms with van der Waals surface area (Å²) in [7, 11) is -1.83. The Bertz CT molecular complexity index is 955. The highest BCUT2D eigenvalue weighted by atomic mass is 32.2. The van der Waals surface area contributed by atoms with Crippen LogP contribution in [0.4, 0.5) is 0 Å². The van der Waals surface area contributed by atoms with Crippen LogP contribution in [-0.2, 0) is 16.4 Å². The molecule has 0 radical (unpaired) electrons. The Morgan fingerprint density at radius 3 is 2.40 bits per heavy atom. The van der Waals surface area contributed by atoms with Crippen LogP contribution in [0.25, 0.3) is 0 Å². The van der Waals surface area contributed by atoms with E-state index in [4.69, 9.17) is 5.11 Å². The van der Waals surface area contributed by atoms with Gasteiger partial charge in [0.15, 0.2) is 9.84 Å². The summed E-state index contributed by atoms with van der Waals surface area (Å²) in [4.78, 5) is 37.7. The van der Waals surface area contributed by atoms with E-state index in [0.717, 1.165) is 10.6 Å². The normalized spacial score (nSPS) is 24.8. The number of aromatic carboxylic acids is 1. The highest BCUT2D eigenvalue weighted by Gasteiger charge is 2.65. The molecule has 2 aliphatic carbocycles. The third-order valence-electron chi connectivity index (χ3n) is 5.65. The molecule has 25 heavy (non-hydrogen) atoms. The lowest BCUT2D eigenvalue weighted by atomic mass is 10.1. The van der Waals surface area contributed by atoms with Crippen LogP contribution in [-0.4, -0.2) is 58.0 Å². The smallest absolute Gasteiger partial charge is 0.341 e. The van der Waals surface area contributed by atoms with Crippen molar-refractivity contribution in [1.82, 2.24) is 9.47 Å². The second-order valence-electron chi connectivity index (χ2n) is 7.09. The quantitative estimate of drug-likeness (QED) is 0.809. The number of rotatable bonds is 4. The molecule has 0 spiro atoms. The van der Waals surface area contributed by atoms with Crippen molar-refractivity contribution in [2.24, 2.45) is 0 Å². The van der Waals surface area contributed by atoms with E-state index in [1.165, 1.54) is 11.0 Å². The Morgan fingerprint density at radius 1 is 1.24 bits per heavy atom. The van der Waals surface area contributed by atoms with Gasteiger partial charge in [-0.3, -0.25) is 9.59 Å². The number of carboxylic acid groups (broad SMARTS) is 1. The number of nitrogens with zero attached hydrogens (tertiary/aromatic N) is 2. The Balaban J connectivity index is 1.82. The second kappa shape index (κ2) is 4.94. The minimum Gasteiger partial charge on any atom is -0.477 e. The van der Waals surface area contributed by atoms with Crippen molar-refractivity contribution in [2.75, 3.05) is 7.05 Å². The van der Waals surface area contributed by atoms with Gasteiger partial charge in [-0.2, -0.15) is 0 Å². The fourth-order valence-corrected chi connectivity index (χ4v) is 6.59. The molecule has 2 heterocycles. The summed E-state index contributed by atoms with van der Waals surface area (Å²) in [6, 6.07) is 1.78. The highest BCUT2D eigenvalue weighted by molar-refractivity contribution is 7.94. The minimum atomic E-state index is -3.38. The average Bonchev–Trinajstić information content (AvgIpc) is 3.43. The van der Waals surface area contributed by atoms with Crippen LogP contribution < -0.4 is 5.56 Å². The van der Waals surface area contributed by atoms with E-state index in [0.29, 0.717) is 25.7 Å². The van der Waals surface area contributed by atoms with Gasteiger partial charge >= 0.3 is 5.97 Å². The summed E-state index contributed by atoms with van der Waals surface area (Å²) in [5.41, 5.74) is -1.10. The molecule has 0 saturated heterocycles. The predicted octanol–water partition coefficient (Wildman–Crippen LogP) is 0.111. The third kappa shape index (κ3) is 2.11. The first kappa shape index (κ1) is 16.3. The van der Waals surface area contributed by atoms with Gasteiger partial charge in [0.25, 0.3) is 11.5 Å². The fourth-order valence-electron chi connectivity index (χ4n) is 3.89. The zero-order valence-corrected chi connectivity index (χ0v) is 14.5. The zero-order valence-electron chi connectivity index (χ0n) is 13.6. The van der Waals surface area contributed by atoms with E-state index < -0.39 is 43.6 Å². The van der Waals surface area contributed by atoms with Crippen molar-refractivity contribution in [3.8, 4) is 0 Å². The van der Waals surface area contributed by atoms with Crippen molar-refractivity contribution >= 4 is 21.7 Å². The number of carboxylic acids is 1. The molecule has 1 aromatic rings. The van der Waals surface area contributed by atoms with E-state index in [2.05, 4.69) is 0 Å². The Hall–Kier alpha value is -2.16. The largest absolute Gasteiger partial charge is 0.477 e. The Morgan fingerprint density at radius 2 is 1.88 bits per heavy atom. The molecule has 2 saturated carbocycles. The number of amides is 1. The predicted molar refractivity (Wildman–Crippen MR) is 87.4 cm³/mol. The molecule has 4 rings (SSSR count). The molecule has 0 bridgehead atoms. The molecule has 1 aliphatic heterocycles. The number of carbonyl (C=O) groups is 2. The molecule has 134 valence electrons. The van der Waals surface area contributed by atoms with Crippen LogP contribution in [0.2, 0.25) is 0 Å². The average molecular weight is 366 g/mol. The Kier molecular flexibility index (Phi) is 3.22. The van der Waals surface area contributed by atoms with Crippen molar-refractivity contribution in [3.05, 3.63) is 33.7 Å². The third-order valence-corrected chi connectivity index (χ3v) is 8.81. The van der Waals surface area contributed by atoms with Gasteiger partial charge in [-0.15, -0.1) is 0 Å². The lowest BCUT2D eigenvalue weighted by molar-refractivity contribution is 0.0625. The molecule has 1 atom stereocenters. The van der Waals surface area contributed by atoms with Crippen molar-refractivity contribution in [2.45, 2.75) is 48.3 Å². The Labute approximate surface area is 144 Å². The monoisotopic (exact) mass is 366 g/mol. The molecule has 8 nitrogen and oxygen atoms in total. The van der Waals surface area contributed by atoms with Crippen molar-refractivity contribution in [3.63, 3.8) is 0 Å². The molecule has 1 amide bonds. The van der Waals surface area contributed by atoms with Crippen LogP contribution in [0.3, 0.4) is 0 Å². The molecule has 0 aromatic carbocycles. The van der Waals surface area contributed by atoms with Gasteiger partial charge in [0, 0.05) is 13.6 Å². The first-order chi connectivity index (χ1) is 11.7. The number of hydrogen-bond acceptors (Lipinski definition) is 5. The fraction of sp³-hybridized carbons (Fsp3) is 0.562. The standard InChI is InChI=1S/C16H18N2O6S/c1-17-12(16(6-7-16)25(23,24)9-2-3-9)8-18-11(14(17)20)5-4-10(13(18)19)15(21)22/h4-5,9,12H,2-3,6-8H2,1H3,(H,21,22). The van der Waals surface area contributed by atoms with E-state index in [9.17, 15) is 22.8 Å². The molecule has 2 fully saturated rings. The summed E-state index contributed by atoms with van der Waals surface area (Å²) in [5.74, 6) is -1.82. The minimum absolute atomic E-state index is 0.00345. The van der Waals surface area contributed by atoms with E-state index in [-0.39, 0.29) is 17.5 Å².